The number of carbonyl (C=O) groups is 2. The van der Waals surface area contributed by atoms with E-state index >= 15 is 0 Å². The Morgan fingerprint density at radius 3 is 2.68 bits per heavy atom. The van der Waals surface area contributed by atoms with Crippen LogP contribution in [0.15, 0.2) is 5.10 Å². The van der Waals surface area contributed by atoms with Crippen LogP contribution in [0.3, 0.4) is 0 Å². The maximum atomic E-state index is 11.9. The zero-order chi connectivity index (χ0) is 14.6. The molecule has 1 unspecified atom stereocenters. The maximum Gasteiger partial charge on any atom is 0.267 e. The molecule has 0 aromatic heterocycles. The summed E-state index contributed by atoms with van der Waals surface area (Å²) in [5.41, 5.74) is -0.594. The van der Waals surface area contributed by atoms with Gasteiger partial charge in [0.1, 0.15) is 5.71 Å². The number of hydrogen-bond acceptors (Lipinski definition) is 4. The Morgan fingerprint density at radius 1 is 1.53 bits per heavy atom. The molecule has 6 nitrogen and oxygen atoms in total. The molecule has 1 aliphatic heterocycles. The van der Waals surface area contributed by atoms with Gasteiger partial charge in [0.15, 0.2) is 0 Å². The number of aliphatic hydroxyl groups is 1. The lowest BCUT2D eigenvalue weighted by Crippen LogP contribution is -2.45. The molecule has 0 fully saturated rings. The van der Waals surface area contributed by atoms with Crippen LogP contribution in [0.25, 0.3) is 0 Å². The molecular formula is C13H23N3O3. The fourth-order valence-electron chi connectivity index (χ4n) is 2.16. The highest BCUT2D eigenvalue weighted by Gasteiger charge is 2.26. The minimum Gasteiger partial charge on any atom is -0.388 e. The summed E-state index contributed by atoms with van der Waals surface area (Å²) in [4.78, 5) is 23.1. The monoisotopic (exact) mass is 269 g/mol. The summed E-state index contributed by atoms with van der Waals surface area (Å²) in [6.45, 7) is 5.91. The van der Waals surface area contributed by atoms with E-state index < -0.39 is 5.60 Å². The number of hydrogen-bond donors (Lipinski definition) is 2. The molecule has 0 bridgehead atoms. The van der Waals surface area contributed by atoms with Gasteiger partial charge in [-0.1, -0.05) is 13.8 Å². The first-order valence-corrected chi connectivity index (χ1v) is 6.56. The number of nitrogens with zero attached hydrogens (tertiary/aromatic N) is 2. The van der Waals surface area contributed by atoms with Gasteiger partial charge in [0, 0.05) is 26.4 Å². The Kier molecular flexibility index (Phi) is 5.05. The maximum absolute atomic E-state index is 11.9. The molecule has 0 aromatic rings. The van der Waals surface area contributed by atoms with Crippen LogP contribution in [0.4, 0.5) is 0 Å². The number of hydrazone groups is 1. The predicted molar refractivity (Wildman–Crippen MR) is 72.5 cm³/mol. The summed E-state index contributed by atoms with van der Waals surface area (Å²) < 4.78 is 0. The van der Waals surface area contributed by atoms with Crippen molar-refractivity contribution in [2.24, 2.45) is 11.0 Å². The molecule has 1 atom stereocenters. The lowest BCUT2D eigenvalue weighted by molar-refractivity contribution is -0.130. The van der Waals surface area contributed by atoms with Crippen molar-refractivity contribution in [1.82, 2.24) is 10.3 Å². The summed E-state index contributed by atoms with van der Waals surface area (Å²) in [7, 11) is 1.53. The summed E-state index contributed by atoms with van der Waals surface area (Å²) in [6, 6.07) is 0. The van der Waals surface area contributed by atoms with Crippen LogP contribution in [-0.2, 0) is 9.59 Å². The number of amides is 2. The van der Waals surface area contributed by atoms with Crippen molar-refractivity contribution < 1.29 is 14.7 Å². The van der Waals surface area contributed by atoms with Gasteiger partial charge < -0.3 is 10.4 Å². The van der Waals surface area contributed by atoms with Gasteiger partial charge in [0.25, 0.3) is 5.91 Å². The van der Waals surface area contributed by atoms with E-state index in [2.05, 4.69) is 10.4 Å². The minimum absolute atomic E-state index is 0.0941. The van der Waals surface area contributed by atoms with E-state index in [9.17, 15) is 14.7 Å². The third-order valence-corrected chi connectivity index (χ3v) is 2.95. The van der Waals surface area contributed by atoms with Crippen LogP contribution >= 0.6 is 0 Å². The average molecular weight is 269 g/mol. The van der Waals surface area contributed by atoms with E-state index in [1.54, 1.807) is 6.92 Å². The Bertz CT molecular complexity index is 389. The molecule has 6 heteroatoms. The van der Waals surface area contributed by atoms with Crippen LogP contribution in [0.2, 0.25) is 0 Å². The molecule has 1 aliphatic rings. The van der Waals surface area contributed by atoms with Gasteiger partial charge in [-0.15, -0.1) is 0 Å². The first-order chi connectivity index (χ1) is 8.71. The molecule has 108 valence electrons. The first kappa shape index (κ1) is 15.6. The molecule has 2 N–H and O–H groups in total. The molecule has 0 aromatic carbocycles. The van der Waals surface area contributed by atoms with Gasteiger partial charge in [0.05, 0.1) is 5.60 Å². The van der Waals surface area contributed by atoms with Gasteiger partial charge in [-0.25, -0.2) is 5.01 Å². The highest BCUT2D eigenvalue weighted by atomic mass is 16.3. The van der Waals surface area contributed by atoms with Gasteiger partial charge >= 0.3 is 0 Å². The number of nitrogens with one attached hydrogen (secondary N) is 1. The first-order valence-electron chi connectivity index (χ1n) is 6.56. The van der Waals surface area contributed by atoms with Crippen molar-refractivity contribution in [1.29, 1.82) is 0 Å². The van der Waals surface area contributed by atoms with Gasteiger partial charge in [-0.2, -0.15) is 5.10 Å². The Hall–Kier alpha value is -1.43. The average Bonchev–Trinajstić information content (AvgIpc) is 2.28. The van der Waals surface area contributed by atoms with Gasteiger partial charge in [0.2, 0.25) is 5.91 Å². The summed E-state index contributed by atoms with van der Waals surface area (Å²) in [5.74, 6) is -0.0607. The van der Waals surface area contributed by atoms with Crippen LogP contribution in [0, 0.1) is 5.92 Å². The molecule has 0 radical (unpaired) electrons. The molecule has 1 rings (SSSR count). The highest BCUT2D eigenvalue weighted by molar-refractivity contribution is 6.39. The number of rotatable bonds is 5. The zero-order valence-corrected chi connectivity index (χ0v) is 12.1. The second-order valence-electron chi connectivity index (χ2n) is 5.74. The summed E-state index contributed by atoms with van der Waals surface area (Å²) in [6.07, 6.45) is 1.25. The Balaban J connectivity index is 2.52. The molecule has 2 amide bonds. The molecule has 0 saturated heterocycles. The highest BCUT2D eigenvalue weighted by Crippen LogP contribution is 2.15. The Labute approximate surface area is 113 Å². The smallest absolute Gasteiger partial charge is 0.267 e. The number of carbonyl (C=O) groups excluding carboxylic acids is 2. The quantitative estimate of drug-likeness (QED) is 0.763. The molecule has 19 heavy (non-hydrogen) atoms. The van der Waals surface area contributed by atoms with Crippen molar-refractivity contribution in [3.63, 3.8) is 0 Å². The molecular weight excluding hydrogens is 246 g/mol. The SMILES string of the molecule is CC(C)CC(C)(O)CNC(=O)C1=NN(C)C(=O)CC1. The van der Waals surface area contributed by atoms with Crippen molar-refractivity contribution in [2.45, 2.75) is 45.6 Å². The largest absolute Gasteiger partial charge is 0.388 e. The van der Waals surface area contributed by atoms with Crippen LogP contribution < -0.4 is 5.32 Å². The van der Waals surface area contributed by atoms with E-state index in [-0.39, 0.29) is 18.4 Å². The standard InChI is InChI=1S/C13H23N3O3/c1-9(2)7-13(3,19)8-14-12(18)10-5-6-11(17)16(4)15-10/h9,19H,5-8H2,1-4H3,(H,14,18). The van der Waals surface area contributed by atoms with Crippen molar-refractivity contribution >= 4 is 17.5 Å². The van der Waals surface area contributed by atoms with Gasteiger partial charge in [-0.05, 0) is 19.3 Å². The molecule has 1 heterocycles. The fourth-order valence-corrected chi connectivity index (χ4v) is 2.16. The lowest BCUT2D eigenvalue weighted by Gasteiger charge is -2.26. The van der Waals surface area contributed by atoms with E-state index in [1.807, 2.05) is 13.8 Å². The van der Waals surface area contributed by atoms with Crippen molar-refractivity contribution in [2.75, 3.05) is 13.6 Å². The topological polar surface area (TPSA) is 82.0 Å². The van der Waals surface area contributed by atoms with Crippen LogP contribution in [0.1, 0.15) is 40.0 Å². The fraction of sp³-hybridized carbons (Fsp3) is 0.769. The second kappa shape index (κ2) is 6.14. The van der Waals surface area contributed by atoms with E-state index in [0.717, 1.165) is 0 Å². The molecule has 0 spiro atoms. The van der Waals surface area contributed by atoms with Crippen LogP contribution in [0.5, 0.6) is 0 Å². The zero-order valence-electron chi connectivity index (χ0n) is 12.1. The third-order valence-electron chi connectivity index (χ3n) is 2.95. The molecule has 0 saturated carbocycles. The van der Waals surface area contributed by atoms with Gasteiger partial charge in [-0.3, -0.25) is 9.59 Å². The van der Waals surface area contributed by atoms with E-state index in [4.69, 9.17) is 0 Å². The lowest BCUT2D eigenvalue weighted by atomic mass is 9.94. The third kappa shape index (κ3) is 4.98. The second-order valence-corrected chi connectivity index (χ2v) is 5.74. The Morgan fingerprint density at radius 2 is 2.16 bits per heavy atom. The predicted octanol–water partition coefficient (Wildman–Crippen LogP) is 0.508. The van der Waals surface area contributed by atoms with E-state index in [1.165, 1.54) is 12.1 Å². The van der Waals surface area contributed by atoms with Crippen molar-refractivity contribution in [3.8, 4) is 0 Å². The molecule has 0 aliphatic carbocycles. The summed E-state index contributed by atoms with van der Waals surface area (Å²) >= 11 is 0. The van der Waals surface area contributed by atoms with Crippen molar-refractivity contribution in [3.05, 3.63) is 0 Å². The normalized spacial score (nSPS) is 19.2. The van der Waals surface area contributed by atoms with Crippen LogP contribution in [-0.4, -0.2) is 46.8 Å². The summed E-state index contributed by atoms with van der Waals surface area (Å²) in [5, 5.41) is 17.9. The van der Waals surface area contributed by atoms with E-state index in [0.29, 0.717) is 30.9 Å². The minimum atomic E-state index is -0.930.